The predicted octanol–water partition coefficient (Wildman–Crippen LogP) is 2.21. The van der Waals surface area contributed by atoms with Gasteiger partial charge in [0.2, 0.25) is 0 Å². The largest absolute Gasteiger partial charge is 0.398 e. The maximum absolute atomic E-state index is 12.1. The highest BCUT2D eigenvalue weighted by Gasteiger charge is 2.21. The summed E-state index contributed by atoms with van der Waals surface area (Å²) in [6, 6.07) is 5.31. The van der Waals surface area contributed by atoms with E-state index in [-0.39, 0.29) is 0 Å². The zero-order valence-corrected chi connectivity index (χ0v) is 9.12. The summed E-state index contributed by atoms with van der Waals surface area (Å²) in [5.41, 5.74) is 7.87. The first-order valence-electron chi connectivity index (χ1n) is 4.74. The summed E-state index contributed by atoms with van der Waals surface area (Å²) < 4.78 is 19.9. The maximum atomic E-state index is 12.1. The van der Waals surface area contributed by atoms with Crippen molar-refractivity contribution >= 4 is 32.4 Å². The standard InChI is InChI=1S/C11H9N3OS/c12-8-3-5-14-9-2-1-7-4-6-16(13,15)11(7)10(8)9/h1-6,13H,(H2,12,14). The molecule has 0 amide bonds. The molecule has 1 atom stereocenters. The number of anilines is 1. The molecule has 0 saturated heterocycles. The van der Waals surface area contributed by atoms with Gasteiger partial charge in [-0.2, -0.15) is 0 Å². The summed E-state index contributed by atoms with van der Waals surface area (Å²) in [4.78, 5) is 4.66. The summed E-state index contributed by atoms with van der Waals surface area (Å²) >= 11 is 0. The Kier molecular flexibility index (Phi) is 1.65. The van der Waals surface area contributed by atoms with Gasteiger partial charge in [0.15, 0.2) is 0 Å². The normalized spacial score (nSPS) is 22.5. The van der Waals surface area contributed by atoms with Crippen molar-refractivity contribution in [2.45, 2.75) is 4.90 Å². The Labute approximate surface area is 92.8 Å². The fraction of sp³-hybridized carbons (Fsp3) is 0. The van der Waals surface area contributed by atoms with E-state index >= 15 is 0 Å². The predicted molar refractivity (Wildman–Crippen MR) is 64.3 cm³/mol. The van der Waals surface area contributed by atoms with Crippen molar-refractivity contribution < 1.29 is 4.21 Å². The number of nitrogens with one attached hydrogen (secondary N) is 1. The molecule has 0 aliphatic carbocycles. The Morgan fingerprint density at radius 3 is 2.94 bits per heavy atom. The number of rotatable bonds is 0. The fourth-order valence-electron chi connectivity index (χ4n) is 1.95. The number of aromatic nitrogens is 1. The molecule has 1 aliphatic heterocycles. The molecule has 3 N–H and O–H groups in total. The van der Waals surface area contributed by atoms with Gasteiger partial charge in [0.1, 0.15) is 0 Å². The van der Waals surface area contributed by atoms with Crippen LogP contribution in [0.2, 0.25) is 0 Å². The van der Waals surface area contributed by atoms with Crippen LogP contribution in [0, 0.1) is 4.78 Å². The second-order valence-corrected chi connectivity index (χ2v) is 5.56. The summed E-state index contributed by atoms with van der Waals surface area (Å²) in [6.45, 7) is 0. The van der Waals surface area contributed by atoms with Crippen molar-refractivity contribution in [2.24, 2.45) is 0 Å². The smallest absolute Gasteiger partial charge is 0.0956 e. The zero-order valence-electron chi connectivity index (χ0n) is 8.31. The molecule has 0 bridgehead atoms. The number of hydrogen-bond donors (Lipinski definition) is 2. The van der Waals surface area contributed by atoms with Crippen LogP contribution in [0.5, 0.6) is 0 Å². The fourth-order valence-corrected chi connectivity index (χ4v) is 3.44. The van der Waals surface area contributed by atoms with Crippen molar-refractivity contribution in [3.8, 4) is 0 Å². The SMILES string of the molecule is N=S1(=O)C=Cc2ccc3nccc(N)c3c21. The highest BCUT2D eigenvalue weighted by atomic mass is 32.2. The van der Waals surface area contributed by atoms with Crippen molar-refractivity contribution in [3.05, 3.63) is 35.4 Å². The molecule has 80 valence electrons. The van der Waals surface area contributed by atoms with Crippen LogP contribution in [-0.2, 0) is 9.73 Å². The van der Waals surface area contributed by atoms with Gasteiger partial charge in [-0.05, 0) is 23.8 Å². The topological polar surface area (TPSA) is 79.8 Å². The molecule has 2 aromatic rings. The molecule has 16 heavy (non-hydrogen) atoms. The minimum Gasteiger partial charge on any atom is -0.398 e. The average Bonchev–Trinajstić information content (AvgIpc) is 2.55. The molecular weight excluding hydrogens is 222 g/mol. The van der Waals surface area contributed by atoms with E-state index in [1.807, 2.05) is 12.1 Å². The van der Waals surface area contributed by atoms with Gasteiger partial charge < -0.3 is 5.73 Å². The second-order valence-electron chi connectivity index (χ2n) is 3.68. The molecule has 1 aliphatic rings. The number of fused-ring (bicyclic) bond motifs is 3. The van der Waals surface area contributed by atoms with Gasteiger partial charge in [-0.15, -0.1) is 0 Å². The van der Waals surface area contributed by atoms with Gasteiger partial charge >= 0.3 is 0 Å². The van der Waals surface area contributed by atoms with Gasteiger partial charge in [-0.25, -0.2) is 8.99 Å². The van der Waals surface area contributed by atoms with Crippen LogP contribution in [0.3, 0.4) is 0 Å². The van der Waals surface area contributed by atoms with Crippen LogP contribution in [0.25, 0.3) is 17.0 Å². The van der Waals surface area contributed by atoms with E-state index in [9.17, 15) is 4.21 Å². The molecule has 1 aromatic heterocycles. The van der Waals surface area contributed by atoms with Gasteiger partial charge in [0.05, 0.1) is 20.1 Å². The highest BCUT2D eigenvalue weighted by Crippen LogP contribution is 2.36. The molecule has 2 heterocycles. The number of nitrogens with two attached hydrogens (primary N) is 1. The minimum atomic E-state index is -2.86. The molecule has 3 rings (SSSR count). The van der Waals surface area contributed by atoms with Crippen LogP contribution in [0.15, 0.2) is 34.7 Å². The van der Waals surface area contributed by atoms with Gasteiger partial charge in [0, 0.05) is 22.7 Å². The zero-order chi connectivity index (χ0) is 11.3. The van der Waals surface area contributed by atoms with Crippen molar-refractivity contribution in [1.82, 2.24) is 4.98 Å². The van der Waals surface area contributed by atoms with Crippen LogP contribution in [0.4, 0.5) is 5.69 Å². The van der Waals surface area contributed by atoms with Crippen LogP contribution < -0.4 is 5.73 Å². The van der Waals surface area contributed by atoms with Crippen LogP contribution in [-0.4, -0.2) is 9.19 Å². The Balaban J connectivity index is 2.61. The Hall–Kier alpha value is -1.88. The van der Waals surface area contributed by atoms with E-state index in [0.29, 0.717) is 21.5 Å². The lowest BCUT2D eigenvalue weighted by molar-refractivity contribution is 0.682. The van der Waals surface area contributed by atoms with E-state index in [0.717, 1.165) is 5.56 Å². The summed E-state index contributed by atoms with van der Waals surface area (Å²) in [7, 11) is -2.86. The maximum Gasteiger partial charge on any atom is 0.0956 e. The van der Waals surface area contributed by atoms with Gasteiger partial charge in [0.25, 0.3) is 0 Å². The lowest BCUT2D eigenvalue weighted by Gasteiger charge is -2.08. The molecule has 0 fully saturated rings. The van der Waals surface area contributed by atoms with Crippen molar-refractivity contribution in [1.29, 1.82) is 4.78 Å². The van der Waals surface area contributed by atoms with E-state index in [1.165, 1.54) is 5.41 Å². The molecule has 0 saturated carbocycles. The highest BCUT2D eigenvalue weighted by molar-refractivity contribution is 7.96. The minimum absolute atomic E-state index is 0.496. The first kappa shape index (κ1) is 9.35. The number of benzene rings is 1. The second kappa shape index (κ2) is 2.82. The number of hydrogen-bond acceptors (Lipinski definition) is 4. The lowest BCUT2D eigenvalue weighted by Crippen LogP contribution is -1.98. The molecule has 5 heteroatoms. The Morgan fingerprint density at radius 1 is 1.31 bits per heavy atom. The summed E-state index contributed by atoms with van der Waals surface area (Å²) in [5, 5.41) is 2.06. The molecular formula is C11H9N3OS. The van der Waals surface area contributed by atoms with Gasteiger partial charge in [-0.1, -0.05) is 6.07 Å². The van der Waals surface area contributed by atoms with E-state index < -0.39 is 9.73 Å². The van der Waals surface area contributed by atoms with Crippen LogP contribution >= 0.6 is 0 Å². The first-order valence-corrected chi connectivity index (χ1v) is 6.36. The monoisotopic (exact) mass is 231 g/mol. The lowest BCUT2D eigenvalue weighted by atomic mass is 10.1. The van der Waals surface area contributed by atoms with Crippen molar-refractivity contribution in [2.75, 3.05) is 5.73 Å². The third-order valence-corrected chi connectivity index (χ3v) is 4.23. The molecule has 1 aromatic carbocycles. The van der Waals surface area contributed by atoms with E-state index in [4.69, 9.17) is 10.5 Å². The third kappa shape index (κ3) is 1.09. The Morgan fingerprint density at radius 2 is 2.12 bits per heavy atom. The molecule has 1 unspecified atom stereocenters. The molecule has 0 radical (unpaired) electrons. The van der Waals surface area contributed by atoms with Crippen LogP contribution in [0.1, 0.15) is 5.56 Å². The van der Waals surface area contributed by atoms with E-state index in [2.05, 4.69) is 4.98 Å². The summed E-state index contributed by atoms with van der Waals surface area (Å²) in [5.74, 6) is 0. The molecule has 0 spiro atoms. The quantitative estimate of drug-likeness (QED) is 0.729. The number of nitrogen functional groups attached to an aromatic ring is 1. The Bertz CT molecular complexity index is 732. The molecule has 4 nitrogen and oxygen atoms in total. The van der Waals surface area contributed by atoms with Crippen molar-refractivity contribution in [3.63, 3.8) is 0 Å². The average molecular weight is 231 g/mol. The van der Waals surface area contributed by atoms with E-state index in [1.54, 1.807) is 18.3 Å². The van der Waals surface area contributed by atoms with Gasteiger partial charge in [-0.3, -0.25) is 4.98 Å². The number of nitrogens with zero attached hydrogens (tertiary/aromatic N) is 1. The first-order chi connectivity index (χ1) is 7.59. The number of pyridine rings is 1. The third-order valence-electron chi connectivity index (χ3n) is 2.67. The summed E-state index contributed by atoms with van der Waals surface area (Å²) in [6.07, 6.45) is 3.31.